The summed E-state index contributed by atoms with van der Waals surface area (Å²) in [6.45, 7) is 6.94. The zero-order chi connectivity index (χ0) is 25.7. The van der Waals surface area contributed by atoms with Crippen molar-refractivity contribution in [1.82, 2.24) is 24.6 Å². The Morgan fingerprint density at radius 1 is 1.06 bits per heavy atom. The van der Waals surface area contributed by atoms with Crippen LogP contribution in [0.15, 0.2) is 30.5 Å². The minimum Gasteiger partial charge on any atom is -0.390 e. The van der Waals surface area contributed by atoms with E-state index < -0.39 is 17.3 Å². The lowest BCUT2D eigenvalue weighted by Crippen LogP contribution is -2.42. The number of aromatic nitrogens is 4. The summed E-state index contributed by atoms with van der Waals surface area (Å²) in [5.74, 6) is 1.34. The molecule has 194 valence electrons. The molecule has 36 heavy (non-hydrogen) atoms. The summed E-state index contributed by atoms with van der Waals surface area (Å²) in [7, 11) is 2.06. The smallest absolute Gasteiger partial charge is 0.390 e. The van der Waals surface area contributed by atoms with Gasteiger partial charge in [0.2, 0.25) is 5.95 Å². The lowest BCUT2D eigenvalue weighted by atomic mass is 9.83. The Bertz CT molecular complexity index is 1230. The van der Waals surface area contributed by atoms with Crippen LogP contribution in [0.4, 0.5) is 24.9 Å². The number of aliphatic hydroxyl groups is 1. The molecule has 2 aromatic heterocycles. The molecule has 5 rings (SSSR count). The van der Waals surface area contributed by atoms with Crippen LogP contribution in [0.5, 0.6) is 0 Å². The van der Waals surface area contributed by atoms with E-state index in [1.54, 1.807) is 12.3 Å². The number of hydrogen-bond donors (Lipinski definition) is 2. The van der Waals surface area contributed by atoms with Crippen LogP contribution in [0, 0.1) is 5.92 Å². The second kappa shape index (κ2) is 9.19. The van der Waals surface area contributed by atoms with Crippen molar-refractivity contribution in [2.24, 2.45) is 5.92 Å². The number of piperidine rings is 1. The van der Waals surface area contributed by atoms with Crippen LogP contribution in [0.3, 0.4) is 0 Å². The second-order valence-electron chi connectivity index (χ2n) is 10.5. The third-order valence-corrected chi connectivity index (χ3v) is 7.34. The van der Waals surface area contributed by atoms with Gasteiger partial charge in [0, 0.05) is 25.7 Å². The molecule has 2 N–H and O–H groups in total. The van der Waals surface area contributed by atoms with Crippen LogP contribution < -0.4 is 10.2 Å². The molecule has 8 nitrogen and oxygen atoms in total. The number of nitrogens with one attached hydrogen (secondary N) is 1. The Morgan fingerprint density at radius 3 is 2.44 bits per heavy atom. The molecule has 0 spiro atoms. The number of nitrogens with zero attached hydrogens (tertiary/aromatic N) is 6. The standard InChI is InChI=1S/C25H32F3N7O/c1-24(2,36)16-7-11-34(12-8-16)21-20-14-29-35(19-6-4-5-17(13-19)25(26,27)28)22(20)32-23(31-21)30-18-9-10-33(3)15-18/h4-6,13-14,16,18,36H,7-12,15H2,1-3H3,(H,30,31,32)/t18-/m1/s1. The van der Waals surface area contributed by atoms with Gasteiger partial charge in [-0.3, -0.25) is 0 Å². The molecular formula is C25H32F3N7O. The van der Waals surface area contributed by atoms with Crippen molar-refractivity contribution in [1.29, 1.82) is 0 Å². The lowest BCUT2D eigenvalue weighted by Gasteiger charge is -2.38. The van der Waals surface area contributed by atoms with Gasteiger partial charge in [-0.15, -0.1) is 0 Å². The summed E-state index contributed by atoms with van der Waals surface area (Å²) in [5.41, 5.74) is -0.739. The summed E-state index contributed by atoms with van der Waals surface area (Å²) in [4.78, 5) is 14.0. The van der Waals surface area contributed by atoms with Gasteiger partial charge >= 0.3 is 6.18 Å². The molecule has 2 aliphatic rings. The van der Waals surface area contributed by atoms with E-state index in [0.717, 1.165) is 44.5 Å². The second-order valence-corrected chi connectivity index (χ2v) is 10.5. The maximum Gasteiger partial charge on any atom is 0.416 e. The van der Waals surface area contributed by atoms with Gasteiger partial charge in [0.15, 0.2) is 5.65 Å². The quantitative estimate of drug-likeness (QED) is 0.546. The van der Waals surface area contributed by atoms with Gasteiger partial charge in [-0.1, -0.05) is 6.07 Å². The average Bonchev–Trinajstić information content (AvgIpc) is 3.43. The molecule has 0 radical (unpaired) electrons. The van der Waals surface area contributed by atoms with E-state index in [9.17, 15) is 18.3 Å². The number of halogens is 3. The number of hydrogen-bond acceptors (Lipinski definition) is 7. The van der Waals surface area contributed by atoms with Gasteiger partial charge in [0.25, 0.3) is 0 Å². The Kier molecular flexibility index (Phi) is 6.32. The highest BCUT2D eigenvalue weighted by molar-refractivity contribution is 5.89. The highest BCUT2D eigenvalue weighted by Gasteiger charge is 2.33. The highest BCUT2D eigenvalue weighted by Crippen LogP contribution is 2.35. The topological polar surface area (TPSA) is 82.3 Å². The summed E-state index contributed by atoms with van der Waals surface area (Å²) in [6.07, 6.45) is -0.248. The van der Waals surface area contributed by atoms with Crippen LogP contribution >= 0.6 is 0 Å². The SMILES string of the molecule is CN1CC[C@@H](Nc2nc(N3CCC(C(C)(C)O)CC3)c3cnn(-c4cccc(C(F)(F)F)c4)c3n2)C1. The Hall–Kier alpha value is -2.92. The summed E-state index contributed by atoms with van der Waals surface area (Å²) >= 11 is 0. The van der Waals surface area contributed by atoms with E-state index >= 15 is 0 Å². The van der Waals surface area contributed by atoms with Crippen molar-refractivity contribution in [3.8, 4) is 5.69 Å². The fourth-order valence-corrected chi connectivity index (χ4v) is 5.23. The van der Waals surface area contributed by atoms with Gasteiger partial charge in [-0.2, -0.15) is 28.2 Å². The van der Waals surface area contributed by atoms with E-state index in [4.69, 9.17) is 9.97 Å². The van der Waals surface area contributed by atoms with Gasteiger partial charge in [0.1, 0.15) is 5.82 Å². The minimum atomic E-state index is -4.45. The fourth-order valence-electron chi connectivity index (χ4n) is 5.23. The maximum atomic E-state index is 13.4. The van der Waals surface area contributed by atoms with E-state index in [1.165, 1.54) is 10.7 Å². The summed E-state index contributed by atoms with van der Waals surface area (Å²) in [6, 6.07) is 5.29. The number of rotatable bonds is 5. The maximum absolute atomic E-state index is 13.4. The fraction of sp³-hybridized carbons (Fsp3) is 0.560. The molecule has 2 saturated heterocycles. The normalized spacial score (nSPS) is 20.4. The molecule has 0 unspecified atom stereocenters. The largest absolute Gasteiger partial charge is 0.416 e. The van der Waals surface area contributed by atoms with Crippen molar-refractivity contribution in [3.05, 3.63) is 36.0 Å². The van der Waals surface area contributed by atoms with E-state index in [2.05, 4.69) is 27.3 Å². The molecule has 0 amide bonds. The van der Waals surface area contributed by atoms with Gasteiger partial charge < -0.3 is 20.2 Å². The number of anilines is 2. The van der Waals surface area contributed by atoms with E-state index in [0.29, 0.717) is 35.9 Å². The molecule has 0 bridgehead atoms. The van der Waals surface area contributed by atoms with E-state index in [-0.39, 0.29) is 17.6 Å². The predicted octanol–water partition coefficient (Wildman–Crippen LogP) is 3.94. The average molecular weight is 504 g/mol. The van der Waals surface area contributed by atoms with Crippen molar-refractivity contribution in [2.45, 2.75) is 50.9 Å². The first-order valence-electron chi connectivity index (χ1n) is 12.3. The number of benzene rings is 1. The predicted molar refractivity (Wildman–Crippen MR) is 132 cm³/mol. The Balaban J connectivity index is 1.54. The Labute approximate surface area is 208 Å². The van der Waals surface area contributed by atoms with Crippen molar-refractivity contribution >= 4 is 22.8 Å². The third kappa shape index (κ3) is 4.99. The van der Waals surface area contributed by atoms with E-state index in [1.807, 2.05) is 13.8 Å². The molecule has 11 heteroatoms. The molecule has 0 saturated carbocycles. The van der Waals surface area contributed by atoms with Crippen LogP contribution in [0.2, 0.25) is 0 Å². The molecule has 1 atom stereocenters. The molecule has 2 fully saturated rings. The minimum absolute atomic E-state index is 0.186. The summed E-state index contributed by atoms with van der Waals surface area (Å²) in [5, 5.41) is 19.0. The first-order valence-corrected chi connectivity index (χ1v) is 12.3. The number of likely N-dealkylation sites (tertiary alicyclic amines) is 1. The van der Waals surface area contributed by atoms with Crippen LogP contribution in [-0.2, 0) is 6.18 Å². The van der Waals surface area contributed by atoms with Crippen LogP contribution in [-0.4, -0.2) is 74.6 Å². The molecule has 4 heterocycles. The van der Waals surface area contributed by atoms with Gasteiger partial charge in [0.05, 0.1) is 28.4 Å². The third-order valence-electron chi connectivity index (χ3n) is 7.34. The summed E-state index contributed by atoms with van der Waals surface area (Å²) < 4.78 is 41.6. The van der Waals surface area contributed by atoms with Crippen LogP contribution in [0.25, 0.3) is 16.7 Å². The van der Waals surface area contributed by atoms with Crippen molar-refractivity contribution in [3.63, 3.8) is 0 Å². The molecular weight excluding hydrogens is 471 g/mol. The zero-order valence-corrected chi connectivity index (χ0v) is 20.8. The number of fused-ring (bicyclic) bond motifs is 1. The van der Waals surface area contributed by atoms with Crippen LogP contribution in [0.1, 0.15) is 38.7 Å². The highest BCUT2D eigenvalue weighted by atomic mass is 19.4. The first kappa shape index (κ1) is 24.8. The Morgan fingerprint density at radius 2 is 1.81 bits per heavy atom. The molecule has 0 aliphatic carbocycles. The van der Waals surface area contributed by atoms with Crippen molar-refractivity contribution in [2.75, 3.05) is 43.4 Å². The van der Waals surface area contributed by atoms with Gasteiger partial charge in [-0.25, -0.2) is 4.68 Å². The molecule has 1 aromatic carbocycles. The molecule has 3 aromatic rings. The van der Waals surface area contributed by atoms with Crippen molar-refractivity contribution < 1.29 is 18.3 Å². The molecule has 2 aliphatic heterocycles. The zero-order valence-electron chi connectivity index (χ0n) is 20.8. The first-order chi connectivity index (χ1) is 17.0. The van der Waals surface area contributed by atoms with Gasteiger partial charge in [-0.05, 0) is 70.8 Å². The monoisotopic (exact) mass is 503 g/mol. The lowest BCUT2D eigenvalue weighted by molar-refractivity contribution is -0.137. The number of alkyl halides is 3. The number of likely N-dealkylation sites (N-methyl/N-ethyl adjacent to an activating group) is 1.